The molecule has 0 aliphatic rings. The number of amides is 2. The highest BCUT2D eigenvalue weighted by molar-refractivity contribution is 7.92. The molecule has 2 amide bonds. The number of carbonyl (C=O) groups is 2. The Hall–Kier alpha value is -2.58. The summed E-state index contributed by atoms with van der Waals surface area (Å²) >= 11 is 6.04. The predicted octanol–water partition coefficient (Wildman–Crippen LogP) is 4.06. The first-order valence-corrected chi connectivity index (χ1v) is 13.5. The molecule has 0 radical (unpaired) electrons. The van der Waals surface area contributed by atoms with Crippen molar-refractivity contribution in [3.8, 4) is 0 Å². The third-order valence-electron chi connectivity index (χ3n) is 5.54. The normalized spacial score (nSPS) is 12.2. The van der Waals surface area contributed by atoms with E-state index < -0.39 is 28.5 Å². The van der Waals surface area contributed by atoms with E-state index in [-0.39, 0.29) is 12.5 Å². The third-order valence-corrected chi connectivity index (χ3v) is 6.90. The fraction of sp³-hybridized carbons (Fsp3) is 0.440. The van der Waals surface area contributed by atoms with Gasteiger partial charge in [0, 0.05) is 18.1 Å². The van der Waals surface area contributed by atoms with Crippen LogP contribution in [0.15, 0.2) is 42.5 Å². The number of anilines is 1. The molecule has 186 valence electrons. The molecule has 0 heterocycles. The van der Waals surface area contributed by atoms with Crippen LogP contribution in [0.5, 0.6) is 0 Å². The number of hydrogen-bond acceptors (Lipinski definition) is 4. The number of nitrogens with one attached hydrogen (secondary N) is 1. The fourth-order valence-corrected chi connectivity index (χ4v) is 4.75. The van der Waals surface area contributed by atoms with Gasteiger partial charge in [-0.1, -0.05) is 54.8 Å². The van der Waals surface area contributed by atoms with Crippen LogP contribution in [0.2, 0.25) is 5.02 Å². The molecule has 2 aromatic carbocycles. The first-order valence-electron chi connectivity index (χ1n) is 11.3. The molecule has 34 heavy (non-hydrogen) atoms. The van der Waals surface area contributed by atoms with Gasteiger partial charge in [-0.05, 0) is 56.5 Å². The molecule has 1 N–H and O–H groups in total. The molecule has 0 aliphatic heterocycles. The van der Waals surface area contributed by atoms with E-state index in [4.69, 9.17) is 11.6 Å². The second-order valence-corrected chi connectivity index (χ2v) is 10.9. The Kier molecular flexibility index (Phi) is 9.94. The summed E-state index contributed by atoms with van der Waals surface area (Å²) in [6.45, 7) is 7.64. The molecule has 2 rings (SSSR count). The van der Waals surface area contributed by atoms with Crippen LogP contribution in [0.3, 0.4) is 0 Å². The summed E-state index contributed by atoms with van der Waals surface area (Å²) in [5, 5.41) is 3.34. The van der Waals surface area contributed by atoms with Crippen LogP contribution >= 0.6 is 11.6 Å². The highest BCUT2D eigenvalue weighted by atomic mass is 35.5. The van der Waals surface area contributed by atoms with Gasteiger partial charge in [0.05, 0.1) is 11.9 Å². The van der Waals surface area contributed by atoms with E-state index in [1.54, 1.807) is 32.0 Å². The van der Waals surface area contributed by atoms with Crippen molar-refractivity contribution in [2.24, 2.45) is 0 Å². The van der Waals surface area contributed by atoms with Crippen LogP contribution in [-0.2, 0) is 26.2 Å². The van der Waals surface area contributed by atoms with Crippen molar-refractivity contribution in [2.75, 3.05) is 23.7 Å². The van der Waals surface area contributed by atoms with Gasteiger partial charge in [-0.15, -0.1) is 0 Å². The quantitative estimate of drug-likeness (QED) is 0.465. The molecule has 0 saturated heterocycles. The Labute approximate surface area is 208 Å². The monoisotopic (exact) mass is 507 g/mol. The molecule has 2 aromatic rings. The van der Waals surface area contributed by atoms with E-state index in [9.17, 15) is 18.0 Å². The minimum absolute atomic E-state index is 0.181. The molecule has 1 atom stereocenters. The summed E-state index contributed by atoms with van der Waals surface area (Å²) in [6, 6.07) is 11.7. The van der Waals surface area contributed by atoms with Gasteiger partial charge in [0.2, 0.25) is 21.8 Å². The maximum absolute atomic E-state index is 13.5. The SMILES string of the molecule is CCCCNC(=O)[C@H](C)N(Cc1cccc(C)c1)C(=O)CN(c1ccc(Cl)cc1C)S(C)(=O)=O. The maximum atomic E-state index is 13.5. The first kappa shape index (κ1) is 27.7. The van der Waals surface area contributed by atoms with Crippen LogP contribution < -0.4 is 9.62 Å². The number of nitrogens with zero attached hydrogens (tertiary/aromatic N) is 2. The lowest BCUT2D eigenvalue weighted by Crippen LogP contribution is -2.51. The Bertz CT molecular complexity index is 1120. The van der Waals surface area contributed by atoms with Crippen molar-refractivity contribution in [1.82, 2.24) is 10.2 Å². The van der Waals surface area contributed by atoms with Gasteiger partial charge in [-0.25, -0.2) is 8.42 Å². The Morgan fingerprint density at radius 2 is 1.82 bits per heavy atom. The molecule has 9 heteroatoms. The smallest absolute Gasteiger partial charge is 0.244 e. The largest absolute Gasteiger partial charge is 0.354 e. The second-order valence-electron chi connectivity index (χ2n) is 8.53. The number of unbranched alkanes of at least 4 members (excludes halogenated alkanes) is 1. The van der Waals surface area contributed by atoms with Gasteiger partial charge in [0.1, 0.15) is 12.6 Å². The van der Waals surface area contributed by atoms with Gasteiger partial charge >= 0.3 is 0 Å². The summed E-state index contributed by atoms with van der Waals surface area (Å²) in [5.74, 6) is -0.748. The topological polar surface area (TPSA) is 86.8 Å². The molecule has 0 aliphatic carbocycles. The number of aryl methyl sites for hydroxylation is 2. The number of benzene rings is 2. The number of halogens is 1. The highest BCUT2D eigenvalue weighted by Gasteiger charge is 2.30. The zero-order valence-electron chi connectivity index (χ0n) is 20.5. The van der Waals surface area contributed by atoms with Crippen molar-refractivity contribution in [1.29, 1.82) is 0 Å². The summed E-state index contributed by atoms with van der Waals surface area (Å²) in [7, 11) is -3.78. The molecule has 7 nitrogen and oxygen atoms in total. The van der Waals surface area contributed by atoms with Gasteiger partial charge in [0.15, 0.2) is 0 Å². The average molecular weight is 508 g/mol. The molecule has 0 fully saturated rings. The van der Waals surface area contributed by atoms with Crippen LogP contribution in [0.4, 0.5) is 5.69 Å². The number of sulfonamides is 1. The molecule has 0 aromatic heterocycles. The number of rotatable bonds is 11. The predicted molar refractivity (Wildman–Crippen MR) is 137 cm³/mol. The van der Waals surface area contributed by atoms with Crippen molar-refractivity contribution in [2.45, 2.75) is 53.1 Å². The fourth-order valence-electron chi connectivity index (χ4n) is 3.62. The summed E-state index contributed by atoms with van der Waals surface area (Å²) in [6.07, 6.45) is 2.83. The van der Waals surface area contributed by atoms with E-state index in [0.717, 1.165) is 34.5 Å². The van der Waals surface area contributed by atoms with Crippen molar-refractivity contribution in [3.63, 3.8) is 0 Å². The zero-order chi connectivity index (χ0) is 25.5. The molecular weight excluding hydrogens is 474 g/mol. The lowest BCUT2D eigenvalue weighted by Gasteiger charge is -2.32. The van der Waals surface area contributed by atoms with Crippen molar-refractivity contribution >= 4 is 39.1 Å². The highest BCUT2D eigenvalue weighted by Crippen LogP contribution is 2.26. The first-order chi connectivity index (χ1) is 15.9. The van der Waals surface area contributed by atoms with Crippen LogP contribution in [0, 0.1) is 13.8 Å². The molecule has 0 unspecified atom stereocenters. The second kappa shape index (κ2) is 12.2. The third kappa shape index (κ3) is 7.74. The van der Waals surface area contributed by atoms with E-state index in [1.807, 2.05) is 38.1 Å². The lowest BCUT2D eigenvalue weighted by molar-refractivity contribution is -0.139. The van der Waals surface area contributed by atoms with Gasteiger partial charge in [0.25, 0.3) is 0 Å². The maximum Gasteiger partial charge on any atom is 0.244 e. The number of carbonyl (C=O) groups excluding carboxylic acids is 2. The molecule has 0 bridgehead atoms. The van der Waals surface area contributed by atoms with E-state index in [2.05, 4.69) is 5.32 Å². The standard InChI is InChI=1S/C25H34ClN3O4S/c1-6-7-13-27-25(31)20(4)28(16-21-10-8-9-18(2)14-21)24(30)17-29(34(5,32)33)23-12-11-22(26)15-19(23)3/h8-12,14-15,20H,6-7,13,16-17H2,1-5H3,(H,27,31)/t20-/m0/s1. The Morgan fingerprint density at radius 3 is 2.41 bits per heavy atom. The van der Waals surface area contributed by atoms with Crippen molar-refractivity contribution in [3.05, 3.63) is 64.2 Å². The van der Waals surface area contributed by atoms with Crippen molar-refractivity contribution < 1.29 is 18.0 Å². The van der Waals surface area contributed by atoms with Crippen LogP contribution in [0.1, 0.15) is 43.4 Å². The Balaban J connectivity index is 2.38. The van der Waals surface area contributed by atoms with Crippen LogP contribution in [-0.4, -0.2) is 50.5 Å². The molecule has 0 saturated carbocycles. The van der Waals surface area contributed by atoms with Gasteiger partial charge < -0.3 is 10.2 Å². The summed E-state index contributed by atoms with van der Waals surface area (Å²) < 4.78 is 26.4. The average Bonchev–Trinajstić information content (AvgIpc) is 2.75. The minimum atomic E-state index is -3.78. The van der Waals surface area contributed by atoms with E-state index in [0.29, 0.717) is 22.8 Å². The summed E-state index contributed by atoms with van der Waals surface area (Å²) in [5.41, 5.74) is 2.88. The van der Waals surface area contributed by atoms with E-state index >= 15 is 0 Å². The number of hydrogen-bond donors (Lipinski definition) is 1. The van der Waals surface area contributed by atoms with Gasteiger partial charge in [-0.2, -0.15) is 0 Å². The van der Waals surface area contributed by atoms with E-state index in [1.165, 1.54) is 4.90 Å². The minimum Gasteiger partial charge on any atom is -0.354 e. The van der Waals surface area contributed by atoms with Crippen LogP contribution in [0.25, 0.3) is 0 Å². The Morgan fingerprint density at radius 1 is 1.12 bits per heavy atom. The molecule has 0 spiro atoms. The lowest BCUT2D eigenvalue weighted by atomic mass is 10.1. The van der Waals surface area contributed by atoms with Gasteiger partial charge in [-0.3, -0.25) is 13.9 Å². The zero-order valence-corrected chi connectivity index (χ0v) is 22.0. The molecular formula is C25H34ClN3O4S. The summed E-state index contributed by atoms with van der Waals surface area (Å²) in [4.78, 5) is 27.8.